The van der Waals surface area contributed by atoms with Crippen LogP contribution in [0.2, 0.25) is 0 Å². The summed E-state index contributed by atoms with van der Waals surface area (Å²) in [6.07, 6.45) is 0. The van der Waals surface area contributed by atoms with Gasteiger partial charge in [0.2, 0.25) is 0 Å². The molecule has 0 radical (unpaired) electrons. The predicted molar refractivity (Wildman–Crippen MR) is 39.8 cm³/mol. The Morgan fingerprint density at radius 3 is 2.62 bits per heavy atom. The van der Waals surface area contributed by atoms with E-state index in [1.54, 1.807) is 0 Å². The van der Waals surface area contributed by atoms with Crippen molar-refractivity contribution >= 4 is 19.8 Å². The Labute approximate surface area is 54.6 Å². The Morgan fingerprint density at radius 2 is 2.25 bits per heavy atom. The van der Waals surface area contributed by atoms with Crippen LogP contribution in [-0.2, 0) is 4.12 Å². The third-order valence-corrected chi connectivity index (χ3v) is 3.36. The second-order valence-electron chi connectivity index (χ2n) is 1.78. The van der Waals surface area contributed by atoms with E-state index in [0.29, 0.717) is 0 Å². The predicted octanol–water partition coefficient (Wildman–Crippen LogP) is -0.998. The van der Waals surface area contributed by atoms with Crippen molar-refractivity contribution in [2.24, 2.45) is 0 Å². The molecule has 0 amide bonds. The van der Waals surface area contributed by atoms with Crippen LogP contribution >= 0.6 is 0 Å². The van der Waals surface area contributed by atoms with Crippen LogP contribution in [0.1, 0.15) is 13.8 Å². The highest BCUT2D eigenvalue weighted by Gasteiger charge is 1.79. The third-order valence-electron chi connectivity index (χ3n) is 0.701. The van der Waals surface area contributed by atoms with Gasteiger partial charge in [0.25, 0.3) is 10.0 Å². The average Bonchev–Trinajstić information content (AvgIpc) is 1.66. The Balaban J connectivity index is 3.03. The molecule has 8 heavy (non-hydrogen) atoms. The van der Waals surface area contributed by atoms with Crippen molar-refractivity contribution in [2.45, 2.75) is 13.8 Å². The molecular formula is C4H12O2Si2. The zero-order valence-corrected chi connectivity index (χ0v) is 8.18. The van der Waals surface area contributed by atoms with Gasteiger partial charge in [-0.2, -0.15) is 0 Å². The first-order chi connectivity index (χ1) is 3.77. The Hall–Kier alpha value is 0.0938. The van der Waals surface area contributed by atoms with Crippen LogP contribution in [0.25, 0.3) is 0 Å². The summed E-state index contributed by atoms with van der Waals surface area (Å²) in [6, 6.07) is 0. The third kappa shape index (κ3) is 6.09. The zero-order valence-electron chi connectivity index (χ0n) is 5.35. The van der Waals surface area contributed by atoms with Gasteiger partial charge in [0.15, 0.2) is 9.76 Å². The van der Waals surface area contributed by atoms with Gasteiger partial charge in [-0.3, -0.25) is 0 Å². The van der Waals surface area contributed by atoms with Gasteiger partial charge in [-0.25, -0.2) is 0 Å². The van der Waals surface area contributed by atoms with Crippen molar-refractivity contribution in [1.82, 2.24) is 0 Å². The zero-order chi connectivity index (χ0) is 6.41. The molecule has 0 saturated heterocycles. The van der Waals surface area contributed by atoms with Gasteiger partial charge in [-0.05, 0) is 13.8 Å². The van der Waals surface area contributed by atoms with Gasteiger partial charge < -0.3 is 8.91 Å². The molecule has 0 aromatic heterocycles. The Bertz CT molecular complexity index is 78.1. The second-order valence-corrected chi connectivity index (χ2v) is 4.41. The van der Waals surface area contributed by atoms with E-state index >= 15 is 0 Å². The lowest BCUT2D eigenvalue weighted by Gasteiger charge is -1.91. The fraction of sp³-hybridized carbons (Fsp3) is 0.500. The fourth-order valence-electron chi connectivity index (χ4n) is 0.278. The summed E-state index contributed by atoms with van der Waals surface area (Å²) in [7, 11) is -1.60. The molecule has 0 aliphatic rings. The standard InChI is InChI=1S/C4H12O2Si2/c1-4(2)3-7-6-8-5/h3,5H,7-8H2,1-2H3. The van der Waals surface area contributed by atoms with Crippen LogP contribution in [0.5, 0.6) is 0 Å². The van der Waals surface area contributed by atoms with Gasteiger partial charge in [0.05, 0.1) is 0 Å². The normalized spacial score (nSPS) is 11.9. The lowest BCUT2D eigenvalue weighted by atomic mass is 10.4. The maximum atomic E-state index is 8.30. The average molecular weight is 148 g/mol. The highest BCUT2D eigenvalue weighted by Crippen LogP contribution is 1.84. The lowest BCUT2D eigenvalue weighted by Crippen LogP contribution is -2.00. The Kier molecular flexibility index (Phi) is 5.30. The minimum Gasteiger partial charge on any atom is -0.442 e. The van der Waals surface area contributed by atoms with Crippen molar-refractivity contribution in [2.75, 3.05) is 0 Å². The summed E-state index contributed by atoms with van der Waals surface area (Å²) in [5.74, 6) is 0. The molecule has 0 aliphatic carbocycles. The van der Waals surface area contributed by atoms with Gasteiger partial charge in [-0.15, -0.1) is 0 Å². The van der Waals surface area contributed by atoms with E-state index in [0.717, 1.165) is 0 Å². The molecule has 0 heterocycles. The van der Waals surface area contributed by atoms with Crippen LogP contribution in [0.3, 0.4) is 0 Å². The summed E-state index contributed by atoms with van der Waals surface area (Å²) >= 11 is 0. The number of allylic oxidation sites excluding steroid dienone is 1. The maximum Gasteiger partial charge on any atom is 0.291 e. The van der Waals surface area contributed by atoms with E-state index in [1.165, 1.54) is 5.57 Å². The topological polar surface area (TPSA) is 29.5 Å². The van der Waals surface area contributed by atoms with Crippen LogP contribution < -0.4 is 0 Å². The maximum absolute atomic E-state index is 8.30. The summed E-state index contributed by atoms with van der Waals surface area (Å²) in [4.78, 5) is 8.30. The molecular weight excluding hydrogens is 136 g/mol. The highest BCUT2D eigenvalue weighted by atomic mass is 28.3. The van der Waals surface area contributed by atoms with Gasteiger partial charge >= 0.3 is 0 Å². The fourth-order valence-corrected chi connectivity index (χ4v) is 1.50. The van der Waals surface area contributed by atoms with E-state index in [1.807, 2.05) is 13.8 Å². The summed E-state index contributed by atoms with van der Waals surface area (Å²) in [5, 5.41) is 0. The minimum atomic E-state index is -1.11. The van der Waals surface area contributed by atoms with Crippen molar-refractivity contribution < 1.29 is 8.91 Å². The first-order valence-electron chi connectivity index (χ1n) is 2.59. The van der Waals surface area contributed by atoms with Crippen LogP contribution in [0.15, 0.2) is 11.3 Å². The monoisotopic (exact) mass is 148 g/mol. The molecule has 48 valence electrons. The largest absolute Gasteiger partial charge is 0.442 e. The number of hydrogen-bond acceptors (Lipinski definition) is 2. The highest BCUT2D eigenvalue weighted by molar-refractivity contribution is 6.43. The first kappa shape index (κ1) is 8.09. The molecule has 1 N–H and O–H groups in total. The SMILES string of the molecule is CC(C)=C[SiH2]O[SiH2]O. The first-order valence-corrected chi connectivity index (χ1v) is 5.19. The molecule has 0 aromatic carbocycles. The van der Waals surface area contributed by atoms with Gasteiger partial charge in [0.1, 0.15) is 0 Å². The van der Waals surface area contributed by atoms with Crippen molar-refractivity contribution in [3.8, 4) is 0 Å². The molecule has 0 fully saturated rings. The van der Waals surface area contributed by atoms with Crippen LogP contribution in [-0.4, -0.2) is 24.6 Å². The van der Waals surface area contributed by atoms with Gasteiger partial charge in [0, 0.05) is 0 Å². The van der Waals surface area contributed by atoms with Crippen LogP contribution in [0, 0.1) is 0 Å². The van der Waals surface area contributed by atoms with Crippen LogP contribution in [0.4, 0.5) is 0 Å². The molecule has 0 bridgehead atoms. The molecule has 0 spiro atoms. The van der Waals surface area contributed by atoms with Crippen molar-refractivity contribution in [3.63, 3.8) is 0 Å². The van der Waals surface area contributed by atoms with Crippen molar-refractivity contribution in [1.29, 1.82) is 0 Å². The molecule has 0 aromatic rings. The lowest BCUT2D eigenvalue weighted by molar-refractivity contribution is 0.473. The molecule has 2 nitrogen and oxygen atoms in total. The summed E-state index contributed by atoms with van der Waals surface area (Å²) < 4.78 is 4.90. The number of hydrogen-bond donors (Lipinski definition) is 1. The van der Waals surface area contributed by atoms with E-state index in [2.05, 4.69) is 5.70 Å². The molecule has 0 aliphatic heterocycles. The van der Waals surface area contributed by atoms with E-state index in [4.69, 9.17) is 8.91 Å². The molecule has 0 saturated carbocycles. The molecule has 0 unspecified atom stereocenters. The molecule has 0 atom stereocenters. The Morgan fingerprint density at radius 1 is 1.62 bits per heavy atom. The van der Waals surface area contributed by atoms with Crippen molar-refractivity contribution in [3.05, 3.63) is 11.3 Å². The quantitative estimate of drug-likeness (QED) is 0.411. The minimum absolute atomic E-state index is 0.486. The second kappa shape index (κ2) is 5.23. The van der Waals surface area contributed by atoms with E-state index in [9.17, 15) is 0 Å². The van der Waals surface area contributed by atoms with E-state index < -0.39 is 19.8 Å². The van der Waals surface area contributed by atoms with Gasteiger partial charge in [-0.1, -0.05) is 11.3 Å². The summed E-state index contributed by atoms with van der Waals surface area (Å²) in [5.41, 5.74) is 3.38. The molecule has 0 rings (SSSR count). The van der Waals surface area contributed by atoms with E-state index in [-0.39, 0.29) is 0 Å². The smallest absolute Gasteiger partial charge is 0.291 e. The number of rotatable bonds is 3. The summed E-state index contributed by atoms with van der Waals surface area (Å²) in [6.45, 7) is 4.07. The molecule has 4 heteroatoms.